The Hall–Kier alpha value is -8.96. The summed E-state index contributed by atoms with van der Waals surface area (Å²) in [7, 11) is 0. The summed E-state index contributed by atoms with van der Waals surface area (Å²) in [6, 6.07) is 13.8. The van der Waals surface area contributed by atoms with E-state index in [4.69, 9.17) is 75.8 Å². The number of ether oxygens (including phenoxy) is 16. The maximum Gasteiger partial charge on any atom is 0.347 e. The summed E-state index contributed by atoms with van der Waals surface area (Å²) in [6.45, 7) is 8.18. The Balaban J connectivity index is 1.11. The lowest BCUT2D eigenvalue weighted by Crippen LogP contribution is -2.26. The van der Waals surface area contributed by atoms with E-state index in [-0.39, 0.29) is 150 Å². The average Bonchev–Trinajstić information content (AvgIpc) is 1.60. The molecule has 464 valence electrons. The molecular formula is C64H64O24. The van der Waals surface area contributed by atoms with Crippen LogP contribution in [0.15, 0.2) is 48.5 Å². The van der Waals surface area contributed by atoms with Gasteiger partial charge in [-0.1, -0.05) is 27.7 Å². The van der Waals surface area contributed by atoms with Crippen LogP contribution >= 0.6 is 0 Å². The Bertz CT molecular complexity index is 2860. The van der Waals surface area contributed by atoms with Gasteiger partial charge in [-0.3, -0.25) is 0 Å². The number of benzene rings is 4. The lowest BCUT2D eigenvalue weighted by molar-refractivity contribution is -0.144. The molecule has 0 aromatic heterocycles. The molecule has 88 heavy (non-hydrogen) atoms. The van der Waals surface area contributed by atoms with Gasteiger partial charge in [0.1, 0.15) is 46.0 Å². The number of esters is 8. The van der Waals surface area contributed by atoms with Crippen LogP contribution in [-0.2, 0) is 76.3 Å². The second-order valence-electron chi connectivity index (χ2n) is 23.1. The van der Waals surface area contributed by atoms with Crippen molar-refractivity contribution in [3.8, 4) is 46.0 Å². The molecule has 0 amide bonds. The van der Waals surface area contributed by atoms with E-state index in [0.29, 0.717) is 44.5 Å². The van der Waals surface area contributed by atoms with Crippen molar-refractivity contribution in [3.63, 3.8) is 0 Å². The van der Waals surface area contributed by atoms with Gasteiger partial charge in [0.2, 0.25) is 0 Å². The van der Waals surface area contributed by atoms with Gasteiger partial charge in [-0.05, 0) is 24.3 Å². The zero-order chi connectivity index (χ0) is 61.1. The van der Waals surface area contributed by atoms with Crippen molar-refractivity contribution < 1.29 is 114 Å². The molecule has 0 spiro atoms. The quantitative estimate of drug-likeness (QED) is 0.0896. The van der Waals surface area contributed by atoms with Crippen LogP contribution in [0.25, 0.3) is 0 Å². The molecule has 4 aromatic carbocycles. The molecule has 13 rings (SSSR count). The van der Waals surface area contributed by atoms with E-state index in [2.05, 4.69) is 0 Å². The monoisotopic (exact) mass is 1220 g/mol. The Labute approximate surface area is 503 Å². The summed E-state index contributed by atoms with van der Waals surface area (Å²) in [5.41, 5.74) is 3.62. The first kappa shape index (κ1) is 58.1. The summed E-state index contributed by atoms with van der Waals surface area (Å²) in [5.74, 6) is -6.94. The van der Waals surface area contributed by atoms with Crippen LogP contribution in [-0.4, -0.2) is 149 Å². The van der Waals surface area contributed by atoms with Gasteiger partial charge in [-0.25, -0.2) is 38.4 Å². The minimum Gasteiger partial charge on any atom is -0.478 e. The summed E-state index contributed by atoms with van der Waals surface area (Å²) >= 11 is 0. The molecule has 24 heteroatoms. The van der Waals surface area contributed by atoms with Crippen molar-refractivity contribution in [1.29, 1.82) is 0 Å². The first-order chi connectivity index (χ1) is 42.5. The zero-order valence-corrected chi connectivity index (χ0v) is 48.7. The third-order valence-electron chi connectivity index (χ3n) is 17.6. The molecule has 8 bridgehead atoms. The summed E-state index contributed by atoms with van der Waals surface area (Å²) in [5, 5.41) is 0. The molecule has 8 unspecified atom stereocenters. The number of hydrogen-bond acceptors (Lipinski definition) is 24. The van der Waals surface area contributed by atoms with Crippen molar-refractivity contribution in [2.24, 2.45) is 0 Å². The molecule has 0 saturated carbocycles. The van der Waals surface area contributed by atoms with Crippen LogP contribution in [0.3, 0.4) is 0 Å². The minimum atomic E-state index is -1.08. The predicted molar refractivity (Wildman–Crippen MR) is 296 cm³/mol. The molecule has 8 atom stereocenters. The minimum absolute atomic E-state index is 0.0861. The van der Waals surface area contributed by atoms with Gasteiger partial charge in [0.25, 0.3) is 0 Å². The highest BCUT2D eigenvalue weighted by molar-refractivity contribution is 5.81. The fourth-order valence-electron chi connectivity index (χ4n) is 12.5. The maximum absolute atomic E-state index is 13.4. The first-order valence-corrected chi connectivity index (χ1v) is 29.9. The number of carbonyl (C=O) groups excluding carboxylic acids is 8. The fourth-order valence-corrected chi connectivity index (χ4v) is 12.5. The molecular weight excluding hydrogens is 1150 g/mol. The van der Waals surface area contributed by atoms with Gasteiger partial charge in [0, 0.05) is 144 Å². The van der Waals surface area contributed by atoms with E-state index in [1.807, 2.05) is 52.0 Å². The number of fused-ring (bicyclic) bond motifs is 8. The molecule has 0 N–H and O–H groups in total. The van der Waals surface area contributed by atoms with Gasteiger partial charge in [-0.15, -0.1) is 0 Å². The Morgan fingerprint density at radius 1 is 0.227 bits per heavy atom. The number of rotatable bonds is 16. The van der Waals surface area contributed by atoms with E-state index in [0.717, 1.165) is 0 Å². The smallest absolute Gasteiger partial charge is 0.347 e. The second-order valence-corrected chi connectivity index (χ2v) is 23.1. The third kappa shape index (κ3) is 11.2. The highest BCUT2D eigenvalue weighted by Crippen LogP contribution is 2.53. The fraction of sp³-hybridized carbons (Fsp3) is 0.500. The third-order valence-corrected chi connectivity index (χ3v) is 17.6. The average molecular weight is 1220 g/mol. The lowest BCUT2D eigenvalue weighted by atomic mass is 9.80. The summed E-state index contributed by atoms with van der Waals surface area (Å²) in [6.07, 6.45) is -7.02. The molecule has 24 nitrogen and oxygen atoms in total. The second kappa shape index (κ2) is 24.0. The van der Waals surface area contributed by atoms with E-state index < -0.39 is 120 Å². The van der Waals surface area contributed by atoms with Crippen molar-refractivity contribution in [2.45, 2.75) is 152 Å². The van der Waals surface area contributed by atoms with Gasteiger partial charge < -0.3 is 75.8 Å². The van der Waals surface area contributed by atoms with Crippen LogP contribution < -0.4 is 37.9 Å². The molecule has 8 heterocycles. The van der Waals surface area contributed by atoms with Crippen LogP contribution in [0, 0.1) is 0 Å². The highest BCUT2D eigenvalue weighted by atomic mass is 16.6. The van der Waals surface area contributed by atoms with Crippen LogP contribution in [0.2, 0.25) is 0 Å². The van der Waals surface area contributed by atoms with Crippen molar-refractivity contribution >= 4 is 47.8 Å². The number of carbonyl (C=O) groups is 8. The molecule has 8 saturated heterocycles. The van der Waals surface area contributed by atoms with Gasteiger partial charge in [0.05, 0.1) is 52.9 Å². The lowest BCUT2D eigenvalue weighted by Gasteiger charge is -2.31. The van der Waals surface area contributed by atoms with Crippen molar-refractivity contribution in [2.75, 3.05) is 52.9 Å². The van der Waals surface area contributed by atoms with Crippen molar-refractivity contribution in [3.05, 3.63) is 93.0 Å². The van der Waals surface area contributed by atoms with Crippen molar-refractivity contribution in [1.82, 2.24) is 0 Å². The summed E-state index contributed by atoms with van der Waals surface area (Å²) < 4.78 is 96.9. The molecule has 9 aliphatic rings. The van der Waals surface area contributed by atoms with E-state index >= 15 is 0 Å². The van der Waals surface area contributed by atoms with Gasteiger partial charge in [0.15, 0.2) is 48.8 Å². The molecule has 4 aromatic rings. The van der Waals surface area contributed by atoms with E-state index in [9.17, 15) is 38.4 Å². The van der Waals surface area contributed by atoms with E-state index in [1.54, 1.807) is 24.3 Å². The predicted octanol–water partition coefficient (Wildman–Crippen LogP) is 6.16. The largest absolute Gasteiger partial charge is 0.478 e. The zero-order valence-electron chi connectivity index (χ0n) is 48.7. The molecule has 1 aliphatic carbocycles. The maximum atomic E-state index is 13.4. The van der Waals surface area contributed by atoms with Crippen LogP contribution in [0.1, 0.15) is 147 Å². The SMILES string of the molecule is CC1c2cc(c(OC3CCOC3=O)cc2OC2CCOC2=O)C(C)c2cc(c(OC3CCOC3=O)cc2OC2CCOC2=O)C(C)c2cc(c(OC3CCOC3=O)cc2OC2CCOC2=O)C(C)c2cc1c(OC1CCOC1=O)cc2OC1CCOC1=O. The normalized spacial score (nSPS) is 28.9. The Morgan fingerprint density at radius 2 is 0.352 bits per heavy atom. The van der Waals surface area contributed by atoms with Crippen LogP contribution in [0.4, 0.5) is 0 Å². The Morgan fingerprint density at radius 3 is 0.455 bits per heavy atom. The standard InChI is InChI=1S/C64H64O24/c1-29-33-21-35(51(83-43-7-15-75-59(43)67)25-49(33)81-41-5-13-73-57(41)65)30(2)37-23-39(55(87-47-11-19-79-63(47)71)27-53(37)85-45-9-17-77-61(45)69)32(4)40-24-38(54(86-46-10-18-78-62(46)70)28-56(40)88-48-12-20-80-64(48)72)31(3)36-22-34(29)50(82-42-6-14-74-58(42)66)26-52(36)84-44-8-16-76-60(44)68/h21-32,41-48H,5-20H2,1-4H3. The molecule has 0 radical (unpaired) electrons. The molecule has 8 aliphatic heterocycles. The highest BCUT2D eigenvalue weighted by Gasteiger charge is 2.42. The Kier molecular flexibility index (Phi) is 15.8. The van der Waals surface area contributed by atoms with Gasteiger partial charge in [-0.2, -0.15) is 0 Å². The first-order valence-electron chi connectivity index (χ1n) is 29.9. The number of hydrogen-bond donors (Lipinski definition) is 0. The van der Waals surface area contributed by atoms with Crippen LogP contribution in [0.5, 0.6) is 46.0 Å². The van der Waals surface area contributed by atoms with E-state index in [1.165, 1.54) is 0 Å². The number of cyclic esters (lactones) is 8. The molecule has 8 fully saturated rings. The van der Waals surface area contributed by atoms with Gasteiger partial charge >= 0.3 is 47.8 Å². The summed E-state index contributed by atoms with van der Waals surface area (Å²) in [4.78, 5) is 107. The topological polar surface area (TPSA) is 284 Å².